The van der Waals surface area contributed by atoms with Gasteiger partial charge in [0.1, 0.15) is 0 Å². The molecule has 1 aromatic heterocycles. The van der Waals surface area contributed by atoms with Crippen molar-refractivity contribution in [3.63, 3.8) is 0 Å². The molecular formula is C11H19N3O. The molecule has 1 unspecified atom stereocenters. The van der Waals surface area contributed by atoms with Crippen LogP contribution < -0.4 is 5.32 Å². The van der Waals surface area contributed by atoms with Gasteiger partial charge in [0, 0.05) is 12.2 Å². The molecule has 15 heavy (non-hydrogen) atoms. The zero-order valence-electron chi connectivity index (χ0n) is 9.82. The minimum Gasteiger partial charge on any atom is -0.311 e. The van der Waals surface area contributed by atoms with Crippen LogP contribution in [0.5, 0.6) is 0 Å². The molecule has 0 saturated heterocycles. The fourth-order valence-electron chi connectivity index (χ4n) is 1.25. The highest BCUT2D eigenvalue weighted by atomic mass is 16.1. The van der Waals surface area contributed by atoms with Crippen LogP contribution in [0.1, 0.15) is 32.5 Å². The first-order valence-corrected chi connectivity index (χ1v) is 5.28. The Morgan fingerprint density at radius 2 is 2.20 bits per heavy atom. The monoisotopic (exact) mass is 209 g/mol. The Balaban J connectivity index is 2.61. The van der Waals surface area contributed by atoms with Crippen molar-refractivity contribution in [2.24, 2.45) is 0 Å². The van der Waals surface area contributed by atoms with Crippen LogP contribution in [-0.2, 0) is 11.2 Å². The van der Waals surface area contributed by atoms with Crippen molar-refractivity contribution in [2.45, 2.75) is 39.3 Å². The zero-order chi connectivity index (χ0) is 11.4. The van der Waals surface area contributed by atoms with E-state index in [0.29, 0.717) is 12.5 Å². The second-order valence-electron chi connectivity index (χ2n) is 4.03. The van der Waals surface area contributed by atoms with Gasteiger partial charge in [0.25, 0.3) is 0 Å². The first-order chi connectivity index (χ1) is 7.04. The lowest BCUT2D eigenvalue weighted by molar-refractivity contribution is -0.119. The maximum atomic E-state index is 11.6. The molecule has 0 amide bonds. The Morgan fingerprint density at radius 3 is 2.67 bits per heavy atom. The van der Waals surface area contributed by atoms with Gasteiger partial charge >= 0.3 is 0 Å². The van der Waals surface area contributed by atoms with Crippen molar-refractivity contribution >= 4 is 5.78 Å². The van der Waals surface area contributed by atoms with Crippen molar-refractivity contribution in [1.29, 1.82) is 0 Å². The van der Waals surface area contributed by atoms with Gasteiger partial charge in [0.15, 0.2) is 5.78 Å². The number of nitrogens with one attached hydrogen (secondary N) is 1. The molecule has 1 heterocycles. The van der Waals surface area contributed by atoms with E-state index in [0.717, 1.165) is 5.69 Å². The third kappa shape index (κ3) is 3.16. The van der Waals surface area contributed by atoms with Gasteiger partial charge < -0.3 is 5.32 Å². The lowest BCUT2D eigenvalue weighted by atomic mass is 10.1. The van der Waals surface area contributed by atoms with Crippen LogP contribution in [0.3, 0.4) is 0 Å². The van der Waals surface area contributed by atoms with Gasteiger partial charge in [-0.25, -0.2) is 0 Å². The molecule has 4 nitrogen and oxygen atoms in total. The van der Waals surface area contributed by atoms with Crippen LogP contribution >= 0.6 is 0 Å². The second kappa shape index (κ2) is 5.07. The van der Waals surface area contributed by atoms with Crippen LogP contribution in [0.25, 0.3) is 0 Å². The molecule has 0 radical (unpaired) electrons. The summed E-state index contributed by atoms with van der Waals surface area (Å²) in [6.07, 6.45) is 2.32. The average molecular weight is 209 g/mol. The number of Topliss-reactive ketones (excluding diaryl/α,β-unsaturated/α-hetero) is 1. The fourth-order valence-corrected chi connectivity index (χ4v) is 1.25. The van der Waals surface area contributed by atoms with Gasteiger partial charge in [-0.2, -0.15) is 5.10 Å². The number of ketones is 1. The summed E-state index contributed by atoms with van der Waals surface area (Å²) in [5.41, 5.74) is 0.843. The molecule has 0 spiro atoms. The van der Waals surface area contributed by atoms with Crippen LogP contribution in [0.15, 0.2) is 12.3 Å². The first kappa shape index (κ1) is 11.9. The first-order valence-electron chi connectivity index (χ1n) is 5.28. The molecule has 0 aliphatic heterocycles. The average Bonchev–Trinajstić information content (AvgIpc) is 2.65. The van der Waals surface area contributed by atoms with E-state index in [-0.39, 0.29) is 11.8 Å². The number of rotatable bonds is 5. The molecule has 0 bridgehead atoms. The standard InChI is InChI=1S/C11H19N3O/c1-8(2)14-6-5-10(13-14)7-11(15)9(3)12-4/h5-6,8-9,12H,7H2,1-4H3. The highest BCUT2D eigenvalue weighted by Crippen LogP contribution is 2.05. The number of nitrogens with zero attached hydrogens (tertiary/aromatic N) is 2. The molecule has 84 valence electrons. The van der Waals surface area contributed by atoms with Gasteiger partial charge in [0.2, 0.25) is 0 Å². The molecule has 1 N–H and O–H groups in total. The number of aromatic nitrogens is 2. The third-order valence-corrected chi connectivity index (χ3v) is 2.46. The van der Waals surface area contributed by atoms with Crippen molar-refractivity contribution < 1.29 is 4.79 Å². The molecule has 0 saturated carbocycles. The summed E-state index contributed by atoms with van der Waals surface area (Å²) in [7, 11) is 1.79. The molecule has 0 aromatic carbocycles. The lowest BCUT2D eigenvalue weighted by Crippen LogP contribution is -2.32. The van der Waals surface area contributed by atoms with Crippen molar-refractivity contribution in [3.05, 3.63) is 18.0 Å². The van der Waals surface area contributed by atoms with E-state index in [4.69, 9.17) is 0 Å². The molecule has 1 aromatic rings. The van der Waals surface area contributed by atoms with E-state index in [1.165, 1.54) is 0 Å². The minimum absolute atomic E-state index is 0.103. The van der Waals surface area contributed by atoms with Crippen molar-refractivity contribution in [2.75, 3.05) is 7.05 Å². The molecule has 0 aliphatic carbocycles. The lowest BCUT2D eigenvalue weighted by Gasteiger charge is -2.07. The van der Waals surface area contributed by atoms with Crippen LogP contribution in [0, 0.1) is 0 Å². The predicted molar refractivity (Wildman–Crippen MR) is 59.8 cm³/mol. The Morgan fingerprint density at radius 1 is 1.53 bits per heavy atom. The van der Waals surface area contributed by atoms with E-state index in [1.807, 2.05) is 23.9 Å². The topological polar surface area (TPSA) is 46.9 Å². The SMILES string of the molecule is CNC(C)C(=O)Cc1ccn(C(C)C)n1. The molecule has 4 heteroatoms. The summed E-state index contributed by atoms with van der Waals surface area (Å²) >= 11 is 0. The smallest absolute Gasteiger partial charge is 0.155 e. The third-order valence-electron chi connectivity index (χ3n) is 2.46. The zero-order valence-corrected chi connectivity index (χ0v) is 9.82. The highest BCUT2D eigenvalue weighted by molar-refractivity contribution is 5.85. The van der Waals surface area contributed by atoms with Gasteiger partial charge in [-0.15, -0.1) is 0 Å². The predicted octanol–water partition coefficient (Wildman–Crippen LogP) is 1.18. The maximum absolute atomic E-state index is 11.6. The second-order valence-corrected chi connectivity index (χ2v) is 4.03. The summed E-state index contributed by atoms with van der Waals surface area (Å²) in [5.74, 6) is 0.173. The Labute approximate surface area is 90.7 Å². The van der Waals surface area contributed by atoms with E-state index in [1.54, 1.807) is 7.05 Å². The number of hydrogen-bond donors (Lipinski definition) is 1. The normalized spacial score (nSPS) is 13.1. The largest absolute Gasteiger partial charge is 0.311 e. The number of hydrogen-bond acceptors (Lipinski definition) is 3. The summed E-state index contributed by atoms with van der Waals surface area (Å²) in [5, 5.41) is 7.26. The summed E-state index contributed by atoms with van der Waals surface area (Å²) < 4.78 is 1.87. The Kier molecular flexibility index (Phi) is 4.03. The van der Waals surface area contributed by atoms with E-state index >= 15 is 0 Å². The summed E-state index contributed by atoms with van der Waals surface area (Å²) in [4.78, 5) is 11.6. The van der Waals surface area contributed by atoms with E-state index in [9.17, 15) is 4.79 Å². The minimum atomic E-state index is -0.103. The van der Waals surface area contributed by atoms with Gasteiger partial charge in [-0.3, -0.25) is 9.48 Å². The molecule has 1 rings (SSSR count). The molecule has 1 atom stereocenters. The number of carbonyl (C=O) groups excluding carboxylic acids is 1. The Hall–Kier alpha value is -1.16. The van der Waals surface area contributed by atoms with Crippen LogP contribution in [0.2, 0.25) is 0 Å². The van der Waals surface area contributed by atoms with Gasteiger partial charge in [-0.05, 0) is 33.9 Å². The van der Waals surface area contributed by atoms with E-state index < -0.39 is 0 Å². The number of carbonyl (C=O) groups is 1. The van der Waals surface area contributed by atoms with E-state index in [2.05, 4.69) is 24.3 Å². The fraction of sp³-hybridized carbons (Fsp3) is 0.636. The Bertz CT molecular complexity index is 330. The van der Waals surface area contributed by atoms with Crippen LogP contribution in [0.4, 0.5) is 0 Å². The van der Waals surface area contributed by atoms with Gasteiger partial charge in [-0.1, -0.05) is 0 Å². The quantitative estimate of drug-likeness (QED) is 0.792. The summed E-state index contributed by atoms with van der Waals surface area (Å²) in [6, 6.07) is 2.14. The molecule has 0 aliphatic rings. The summed E-state index contributed by atoms with van der Waals surface area (Å²) in [6.45, 7) is 5.99. The van der Waals surface area contributed by atoms with Crippen molar-refractivity contribution in [3.8, 4) is 0 Å². The van der Waals surface area contributed by atoms with Crippen molar-refractivity contribution in [1.82, 2.24) is 15.1 Å². The maximum Gasteiger partial charge on any atom is 0.155 e. The molecular weight excluding hydrogens is 190 g/mol. The van der Waals surface area contributed by atoms with Crippen LogP contribution in [-0.4, -0.2) is 28.7 Å². The highest BCUT2D eigenvalue weighted by Gasteiger charge is 2.12. The molecule has 0 fully saturated rings. The number of likely N-dealkylation sites (N-methyl/N-ethyl adjacent to an activating group) is 1. The van der Waals surface area contributed by atoms with Gasteiger partial charge in [0.05, 0.1) is 18.2 Å².